The summed E-state index contributed by atoms with van der Waals surface area (Å²) in [5.41, 5.74) is 1.74. The van der Waals surface area contributed by atoms with Crippen molar-refractivity contribution < 1.29 is 4.79 Å². The minimum atomic E-state index is -0.125. The first-order valence-corrected chi connectivity index (χ1v) is 10.1. The van der Waals surface area contributed by atoms with Gasteiger partial charge in [-0.1, -0.05) is 42.5 Å². The zero-order valence-corrected chi connectivity index (χ0v) is 16.7. The van der Waals surface area contributed by atoms with Gasteiger partial charge < -0.3 is 14.8 Å². The quantitative estimate of drug-likeness (QED) is 0.727. The first-order chi connectivity index (χ1) is 14.1. The Bertz CT molecular complexity index is 1050. The van der Waals surface area contributed by atoms with Gasteiger partial charge in [-0.25, -0.2) is 4.98 Å². The van der Waals surface area contributed by atoms with E-state index >= 15 is 0 Å². The van der Waals surface area contributed by atoms with E-state index < -0.39 is 0 Å². The van der Waals surface area contributed by atoms with Crippen molar-refractivity contribution in [3.8, 4) is 0 Å². The van der Waals surface area contributed by atoms with Crippen LogP contribution in [0.3, 0.4) is 0 Å². The fraction of sp³-hybridized carbons (Fsp3) is 0.348. The third kappa shape index (κ3) is 4.38. The molecular formula is C23H26N4O2. The SMILES string of the molecule is CN1CCN(C(=O)CCCc2nc3ccccc3c(=O)[nH]2)C(c2ccccc2)C1. The minimum absolute atomic E-state index is 0.0843. The zero-order valence-electron chi connectivity index (χ0n) is 16.7. The van der Waals surface area contributed by atoms with Crippen LogP contribution in [0, 0.1) is 0 Å². The van der Waals surface area contributed by atoms with Crippen molar-refractivity contribution in [3.05, 3.63) is 76.3 Å². The molecule has 150 valence electrons. The number of H-pyrrole nitrogens is 1. The normalized spacial score (nSPS) is 17.6. The molecule has 0 radical (unpaired) electrons. The number of aryl methyl sites for hydroxylation is 1. The van der Waals surface area contributed by atoms with E-state index in [1.54, 1.807) is 6.07 Å². The second kappa shape index (κ2) is 8.57. The number of amides is 1. The number of para-hydroxylation sites is 1. The third-order valence-electron chi connectivity index (χ3n) is 5.55. The molecule has 6 heteroatoms. The van der Waals surface area contributed by atoms with Crippen molar-refractivity contribution in [2.45, 2.75) is 25.3 Å². The van der Waals surface area contributed by atoms with Crippen LogP contribution in [0.15, 0.2) is 59.4 Å². The van der Waals surface area contributed by atoms with Crippen molar-refractivity contribution in [3.63, 3.8) is 0 Å². The Morgan fingerprint density at radius 1 is 1.10 bits per heavy atom. The number of carbonyl (C=O) groups excluding carboxylic acids is 1. The second-order valence-electron chi connectivity index (χ2n) is 7.66. The first-order valence-electron chi connectivity index (χ1n) is 10.1. The molecule has 3 aromatic rings. The molecule has 1 aromatic heterocycles. The summed E-state index contributed by atoms with van der Waals surface area (Å²) in [4.78, 5) is 36.8. The molecule has 1 atom stereocenters. The van der Waals surface area contributed by atoms with Gasteiger partial charge in [-0.2, -0.15) is 0 Å². The molecule has 4 rings (SSSR count). The molecule has 1 unspecified atom stereocenters. The van der Waals surface area contributed by atoms with E-state index in [0.717, 1.165) is 19.6 Å². The first kappa shape index (κ1) is 19.3. The van der Waals surface area contributed by atoms with Crippen LogP contribution >= 0.6 is 0 Å². The number of hydrogen-bond acceptors (Lipinski definition) is 4. The summed E-state index contributed by atoms with van der Waals surface area (Å²) < 4.78 is 0. The van der Waals surface area contributed by atoms with Gasteiger partial charge >= 0.3 is 0 Å². The van der Waals surface area contributed by atoms with E-state index in [4.69, 9.17) is 0 Å². The average Bonchev–Trinajstić information content (AvgIpc) is 2.74. The average molecular weight is 390 g/mol. The highest BCUT2D eigenvalue weighted by Crippen LogP contribution is 2.25. The van der Waals surface area contributed by atoms with Crippen LogP contribution in [-0.2, 0) is 11.2 Å². The van der Waals surface area contributed by atoms with Crippen molar-refractivity contribution in [2.75, 3.05) is 26.7 Å². The third-order valence-corrected chi connectivity index (χ3v) is 5.55. The molecule has 1 fully saturated rings. The molecule has 1 aliphatic rings. The number of hydrogen-bond donors (Lipinski definition) is 1. The highest BCUT2D eigenvalue weighted by Gasteiger charge is 2.29. The molecule has 1 amide bonds. The lowest BCUT2D eigenvalue weighted by Gasteiger charge is -2.40. The molecule has 2 heterocycles. The predicted molar refractivity (Wildman–Crippen MR) is 114 cm³/mol. The molecule has 2 aromatic carbocycles. The summed E-state index contributed by atoms with van der Waals surface area (Å²) >= 11 is 0. The maximum atomic E-state index is 13.0. The number of aromatic nitrogens is 2. The van der Waals surface area contributed by atoms with E-state index in [0.29, 0.717) is 36.0 Å². The number of aromatic amines is 1. The standard InChI is InChI=1S/C23H26N4O2/c1-26-14-15-27(20(16-26)17-8-3-2-4-9-17)22(28)13-7-12-21-24-19-11-6-5-10-18(19)23(29)25-21/h2-6,8-11,20H,7,12-16H2,1H3,(H,24,25,29). The van der Waals surface area contributed by atoms with Gasteiger partial charge in [0, 0.05) is 32.5 Å². The summed E-state index contributed by atoms with van der Waals surface area (Å²) in [5.74, 6) is 0.801. The molecule has 0 saturated carbocycles. The number of likely N-dealkylation sites (N-methyl/N-ethyl adjacent to an activating group) is 1. The van der Waals surface area contributed by atoms with Gasteiger partial charge in [-0.05, 0) is 31.2 Å². The molecule has 1 N–H and O–H groups in total. The molecule has 0 bridgehead atoms. The van der Waals surface area contributed by atoms with Crippen molar-refractivity contribution >= 4 is 16.8 Å². The summed E-state index contributed by atoms with van der Waals surface area (Å²) in [5, 5.41) is 0.593. The molecule has 1 aliphatic heterocycles. The van der Waals surface area contributed by atoms with E-state index in [-0.39, 0.29) is 17.5 Å². The van der Waals surface area contributed by atoms with Crippen molar-refractivity contribution in [1.82, 2.24) is 19.8 Å². The Balaban J connectivity index is 1.41. The van der Waals surface area contributed by atoms with Gasteiger partial charge in [-0.15, -0.1) is 0 Å². The lowest BCUT2D eigenvalue weighted by Crippen LogP contribution is -2.49. The number of fused-ring (bicyclic) bond motifs is 1. The second-order valence-corrected chi connectivity index (χ2v) is 7.66. The van der Waals surface area contributed by atoms with E-state index in [1.165, 1.54) is 5.56 Å². The fourth-order valence-electron chi connectivity index (χ4n) is 3.98. The van der Waals surface area contributed by atoms with Crippen LogP contribution in [0.5, 0.6) is 0 Å². The smallest absolute Gasteiger partial charge is 0.258 e. The minimum Gasteiger partial charge on any atom is -0.333 e. The Hall–Kier alpha value is -2.99. The maximum absolute atomic E-state index is 13.0. The Morgan fingerprint density at radius 2 is 1.86 bits per heavy atom. The Morgan fingerprint density at radius 3 is 2.69 bits per heavy atom. The van der Waals surface area contributed by atoms with Crippen LogP contribution in [0.25, 0.3) is 10.9 Å². The van der Waals surface area contributed by atoms with Gasteiger partial charge in [0.15, 0.2) is 0 Å². The molecule has 0 aliphatic carbocycles. The van der Waals surface area contributed by atoms with Gasteiger partial charge in [-0.3, -0.25) is 9.59 Å². The Labute approximate surface area is 170 Å². The molecule has 29 heavy (non-hydrogen) atoms. The summed E-state index contributed by atoms with van der Waals surface area (Å²) in [6.07, 6.45) is 1.69. The summed E-state index contributed by atoms with van der Waals surface area (Å²) in [6.45, 7) is 2.46. The predicted octanol–water partition coefficient (Wildman–Crippen LogP) is 2.76. The van der Waals surface area contributed by atoms with Crippen LogP contribution in [0.2, 0.25) is 0 Å². The number of rotatable bonds is 5. The number of piperazine rings is 1. The lowest BCUT2D eigenvalue weighted by molar-refractivity contribution is -0.136. The van der Waals surface area contributed by atoms with Crippen LogP contribution < -0.4 is 5.56 Å². The maximum Gasteiger partial charge on any atom is 0.258 e. The van der Waals surface area contributed by atoms with E-state index in [2.05, 4.69) is 34.0 Å². The highest BCUT2D eigenvalue weighted by molar-refractivity contribution is 5.77. The highest BCUT2D eigenvalue weighted by atomic mass is 16.2. The molecular weight excluding hydrogens is 364 g/mol. The van der Waals surface area contributed by atoms with Crippen LogP contribution in [0.1, 0.15) is 30.3 Å². The van der Waals surface area contributed by atoms with Crippen LogP contribution in [-0.4, -0.2) is 52.4 Å². The molecule has 6 nitrogen and oxygen atoms in total. The van der Waals surface area contributed by atoms with Gasteiger partial charge in [0.25, 0.3) is 5.56 Å². The van der Waals surface area contributed by atoms with E-state index in [9.17, 15) is 9.59 Å². The number of nitrogens with one attached hydrogen (secondary N) is 1. The van der Waals surface area contributed by atoms with E-state index in [1.807, 2.05) is 41.3 Å². The zero-order chi connectivity index (χ0) is 20.2. The number of benzene rings is 2. The lowest BCUT2D eigenvalue weighted by atomic mass is 10.0. The molecule has 0 spiro atoms. The van der Waals surface area contributed by atoms with Gasteiger partial charge in [0.1, 0.15) is 5.82 Å². The van der Waals surface area contributed by atoms with Crippen LogP contribution in [0.4, 0.5) is 0 Å². The molecule has 1 saturated heterocycles. The summed E-state index contributed by atoms with van der Waals surface area (Å²) in [7, 11) is 2.10. The van der Waals surface area contributed by atoms with Crippen molar-refractivity contribution in [2.24, 2.45) is 0 Å². The van der Waals surface area contributed by atoms with Gasteiger partial charge in [0.2, 0.25) is 5.91 Å². The number of carbonyl (C=O) groups is 1. The Kier molecular flexibility index (Phi) is 5.71. The topological polar surface area (TPSA) is 69.3 Å². The number of nitrogens with zero attached hydrogens (tertiary/aromatic N) is 3. The monoisotopic (exact) mass is 390 g/mol. The van der Waals surface area contributed by atoms with Gasteiger partial charge in [0.05, 0.1) is 16.9 Å². The fourth-order valence-corrected chi connectivity index (χ4v) is 3.98. The summed E-state index contributed by atoms with van der Waals surface area (Å²) in [6, 6.07) is 17.6. The largest absolute Gasteiger partial charge is 0.333 e. The van der Waals surface area contributed by atoms with Crippen molar-refractivity contribution in [1.29, 1.82) is 0 Å².